The van der Waals surface area contributed by atoms with Gasteiger partial charge in [-0.05, 0) is 28.1 Å². The largest absolute Gasteiger partial charge is 0.506 e. The van der Waals surface area contributed by atoms with Crippen LogP contribution in [0.2, 0.25) is 5.02 Å². The zero-order valence-electron chi connectivity index (χ0n) is 4.94. The molecule has 1 aromatic carbocycles. The maximum absolute atomic E-state index is 9.01. The molecule has 0 atom stereocenters. The zero-order valence-corrected chi connectivity index (χ0v) is 7.28. The topological polar surface area (TPSA) is 46.2 Å². The van der Waals surface area contributed by atoms with E-state index < -0.39 is 0 Å². The van der Waals surface area contributed by atoms with E-state index in [0.717, 1.165) is 0 Å². The SMILES string of the molecule is Nc1ccc(O)c(Cl)c1Br. The molecule has 1 aromatic rings. The first-order valence-corrected chi connectivity index (χ1v) is 3.72. The zero-order chi connectivity index (χ0) is 7.72. The van der Waals surface area contributed by atoms with E-state index in [1.165, 1.54) is 6.07 Å². The molecule has 0 bridgehead atoms. The average Bonchev–Trinajstić information content (AvgIpc) is 1.93. The number of hydrogen-bond donors (Lipinski definition) is 2. The lowest BCUT2D eigenvalue weighted by Crippen LogP contribution is -1.85. The summed E-state index contributed by atoms with van der Waals surface area (Å²) in [5.74, 6) is 0.0303. The molecule has 0 saturated carbocycles. The van der Waals surface area contributed by atoms with Crippen LogP contribution in [0.5, 0.6) is 5.75 Å². The van der Waals surface area contributed by atoms with Gasteiger partial charge in [-0.1, -0.05) is 11.6 Å². The fourth-order valence-electron chi connectivity index (χ4n) is 0.554. The lowest BCUT2D eigenvalue weighted by Gasteiger charge is -2.01. The standard InChI is InChI=1S/C6H5BrClNO/c7-5-3(9)1-2-4(10)6(5)8/h1-2,10H,9H2. The third-order valence-corrected chi connectivity index (χ3v) is 2.56. The van der Waals surface area contributed by atoms with Gasteiger partial charge in [-0.15, -0.1) is 0 Å². The van der Waals surface area contributed by atoms with Gasteiger partial charge < -0.3 is 10.8 Å². The van der Waals surface area contributed by atoms with Crippen molar-refractivity contribution >= 4 is 33.2 Å². The van der Waals surface area contributed by atoms with Crippen molar-refractivity contribution in [3.63, 3.8) is 0 Å². The van der Waals surface area contributed by atoms with Crippen LogP contribution in [0, 0.1) is 0 Å². The summed E-state index contributed by atoms with van der Waals surface area (Å²) < 4.78 is 0.536. The minimum atomic E-state index is 0.0303. The van der Waals surface area contributed by atoms with Gasteiger partial charge in [0.25, 0.3) is 0 Å². The summed E-state index contributed by atoms with van der Waals surface area (Å²) in [6.07, 6.45) is 0. The number of phenols is 1. The summed E-state index contributed by atoms with van der Waals surface area (Å²) in [4.78, 5) is 0. The molecule has 0 heterocycles. The van der Waals surface area contributed by atoms with Crippen molar-refractivity contribution in [2.75, 3.05) is 5.73 Å². The number of nitrogens with two attached hydrogens (primary N) is 1. The number of benzene rings is 1. The molecule has 0 unspecified atom stereocenters. The van der Waals surface area contributed by atoms with Crippen molar-refractivity contribution in [2.45, 2.75) is 0 Å². The lowest BCUT2D eigenvalue weighted by molar-refractivity contribution is 0.475. The highest BCUT2D eigenvalue weighted by atomic mass is 79.9. The average molecular weight is 222 g/mol. The van der Waals surface area contributed by atoms with Crippen LogP contribution >= 0.6 is 27.5 Å². The number of hydrogen-bond acceptors (Lipinski definition) is 2. The molecule has 0 aliphatic carbocycles. The van der Waals surface area contributed by atoms with Crippen LogP contribution in [0.4, 0.5) is 5.69 Å². The van der Waals surface area contributed by atoms with Crippen LogP contribution in [0.25, 0.3) is 0 Å². The molecular weight excluding hydrogens is 217 g/mol. The van der Waals surface area contributed by atoms with E-state index in [2.05, 4.69) is 15.9 Å². The normalized spacial score (nSPS) is 9.80. The monoisotopic (exact) mass is 221 g/mol. The molecule has 0 aliphatic heterocycles. The Hall–Kier alpha value is -0.410. The summed E-state index contributed by atoms with van der Waals surface area (Å²) >= 11 is 8.72. The third-order valence-electron chi connectivity index (χ3n) is 1.09. The van der Waals surface area contributed by atoms with E-state index in [1.54, 1.807) is 6.07 Å². The molecule has 10 heavy (non-hydrogen) atoms. The van der Waals surface area contributed by atoms with Crippen LogP contribution in [-0.2, 0) is 0 Å². The number of aromatic hydroxyl groups is 1. The van der Waals surface area contributed by atoms with Gasteiger partial charge in [-0.25, -0.2) is 0 Å². The smallest absolute Gasteiger partial charge is 0.135 e. The Kier molecular flexibility index (Phi) is 2.06. The molecule has 0 amide bonds. The quantitative estimate of drug-likeness (QED) is 0.523. The molecule has 2 nitrogen and oxygen atoms in total. The first kappa shape index (κ1) is 7.69. The van der Waals surface area contributed by atoms with E-state index in [4.69, 9.17) is 22.4 Å². The highest BCUT2D eigenvalue weighted by Crippen LogP contribution is 2.35. The van der Waals surface area contributed by atoms with Crippen molar-refractivity contribution in [1.29, 1.82) is 0 Å². The van der Waals surface area contributed by atoms with Gasteiger partial charge in [0.2, 0.25) is 0 Å². The third kappa shape index (κ3) is 1.20. The molecule has 0 saturated heterocycles. The summed E-state index contributed by atoms with van der Waals surface area (Å²) in [5, 5.41) is 9.26. The summed E-state index contributed by atoms with van der Waals surface area (Å²) in [5.41, 5.74) is 5.96. The maximum atomic E-state index is 9.01. The van der Waals surface area contributed by atoms with E-state index in [1.807, 2.05) is 0 Å². The molecule has 3 N–H and O–H groups in total. The van der Waals surface area contributed by atoms with E-state index in [-0.39, 0.29) is 10.8 Å². The fraction of sp³-hybridized carbons (Fsp3) is 0. The van der Waals surface area contributed by atoms with Gasteiger partial charge in [0.05, 0.1) is 9.50 Å². The second-order valence-corrected chi connectivity index (χ2v) is 2.97. The predicted molar refractivity (Wildman–Crippen MR) is 45.2 cm³/mol. The van der Waals surface area contributed by atoms with Crippen molar-refractivity contribution in [2.24, 2.45) is 0 Å². The molecule has 0 spiro atoms. The Labute approximate surface area is 71.7 Å². The molecule has 0 aromatic heterocycles. The maximum Gasteiger partial charge on any atom is 0.135 e. The summed E-state index contributed by atoms with van der Waals surface area (Å²) in [7, 11) is 0. The Morgan fingerprint density at radius 3 is 2.60 bits per heavy atom. The van der Waals surface area contributed by atoms with Crippen LogP contribution in [-0.4, -0.2) is 5.11 Å². The number of rotatable bonds is 0. The first-order chi connectivity index (χ1) is 4.63. The number of nitrogen functional groups attached to an aromatic ring is 1. The van der Waals surface area contributed by atoms with Gasteiger partial charge in [0, 0.05) is 5.69 Å². The van der Waals surface area contributed by atoms with Gasteiger partial charge in [0.15, 0.2) is 0 Å². The second kappa shape index (κ2) is 2.68. The first-order valence-electron chi connectivity index (χ1n) is 2.55. The fourth-order valence-corrected chi connectivity index (χ4v) is 1.06. The predicted octanol–water partition coefficient (Wildman–Crippen LogP) is 2.39. The molecule has 4 heteroatoms. The van der Waals surface area contributed by atoms with E-state index in [0.29, 0.717) is 10.2 Å². The Bertz CT molecular complexity index is 237. The lowest BCUT2D eigenvalue weighted by atomic mass is 10.3. The summed E-state index contributed by atoms with van der Waals surface area (Å²) in [6.45, 7) is 0. The van der Waals surface area contributed by atoms with Crippen molar-refractivity contribution < 1.29 is 5.11 Å². The van der Waals surface area contributed by atoms with Crippen molar-refractivity contribution in [3.8, 4) is 5.75 Å². The van der Waals surface area contributed by atoms with Crippen molar-refractivity contribution in [1.82, 2.24) is 0 Å². The Morgan fingerprint density at radius 1 is 1.50 bits per heavy atom. The molecule has 0 fully saturated rings. The molecule has 0 aliphatic rings. The van der Waals surface area contributed by atoms with E-state index in [9.17, 15) is 0 Å². The van der Waals surface area contributed by atoms with Gasteiger partial charge in [0.1, 0.15) is 5.75 Å². The molecule has 54 valence electrons. The number of halogens is 2. The Morgan fingerprint density at radius 2 is 2.10 bits per heavy atom. The Balaban J connectivity index is 3.34. The minimum absolute atomic E-state index is 0.0303. The highest BCUT2D eigenvalue weighted by Gasteiger charge is 2.04. The van der Waals surface area contributed by atoms with Crippen LogP contribution in [0.1, 0.15) is 0 Å². The van der Waals surface area contributed by atoms with Crippen LogP contribution < -0.4 is 5.73 Å². The van der Waals surface area contributed by atoms with Crippen molar-refractivity contribution in [3.05, 3.63) is 21.6 Å². The van der Waals surface area contributed by atoms with Crippen LogP contribution in [0.3, 0.4) is 0 Å². The molecule has 0 radical (unpaired) electrons. The van der Waals surface area contributed by atoms with E-state index >= 15 is 0 Å². The second-order valence-electron chi connectivity index (χ2n) is 1.80. The minimum Gasteiger partial charge on any atom is -0.506 e. The summed E-state index contributed by atoms with van der Waals surface area (Å²) in [6, 6.07) is 3.02. The van der Waals surface area contributed by atoms with Gasteiger partial charge in [-0.3, -0.25) is 0 Å². The number of anilines is 1. The molecule has 1 rings (SSSR count). The highest BCUT2D eigenvalue weighted by molar-refractivity contribution is 9.10. The van der Waals surface area contributed by atoms with Crippen LogP contribution in [0.15, 0.2) is 16.6 Å². The van der Waals surface area contributed by atoms with Gasteiger partial charge >= 0.3 is 0 Å². The number of phenolic OH excluding ortho intramolecular Hbond substituents is 1. The van der Waals surface area contributed by atoms with Gasteiger partial charge in [-0.2, -0.15) is 0 Å². The molecular formula is C6H5BrClNO.